The maximum absolute atomic E-state index is 11.0. The quantitative estimate of drug-likeness (QED) is 0.625. The van der Waals surface area contributed by atoms with Crippen molar-refractivity contribution in [3.8, 4) is 11.6 Å². The first-order valence-corrected chi connectivity index (χ1v) is 6.26. The van der Waals surface area contributed by atoms with Gasteiger partial charge in [0.05, 0.1) is 4.92 Å². The van der Waals surface area contributed by atoms with E-state index in [1.165, 1.54) is 6.07 Å². The molecule has 0 bridgehead atoms. The van der Waals surface area contributed by atoms with Crippen LogP contribution in [0.25, 0.3) is 0 Å². The molecule has 2 aromatic rings. The molecule has 0 saturated heterocycles. The fraction of sp³-hybridized carbons (Fsp3) is 0.267. The van der Waals surface area contributed by atoms with Gasteiger partial charge >= 0.3 is 5.69 Å². The van der Waals surface area contributed by atoms with Crippen molar-refractivity contribution in [2.75, 3.05) is 0 Å². The van der Waals surface area contributed by atoms with Gasteiger partial charge in [-0.3, -0.25) is 10.1 Å². The summed E-state index contributed by atoms with van der Waals surface area (Å²) in [5.74, 6) is 0.654. The highest BCUT2D eigenvalue weighted by atomic mass is 16.6. The van der Waals surface area contributed by atoms with Crippen LogP contribution in [0.3, 0.4) is 0 Å². The zero-order chi connectivity index (χ0) is 14.9. The molecule has 0 unspecified atom stereocenters. The van der Waals surface area contributed by atoms with Crippen LogP contribution >= 0.6 is 0 Å². The minimum atomic E-state index is -0.485. The smallest absolute Gasteiger partial charge is 0.331 e. The molecule has 0 saturated carbocycles. The van der Waals surface area contributed by atoms with Crippen molar-refractivity contribution >= 4 is 5.69 Å². The highest BCUT2D eigenvalue weighted by Gasteiger charge is 2.19. The van der Waals surface area contributed by atoms with Gasteiger partial charge in [-0.1, -0.05) is 17.7 Å². The number of pyridine rings is 1. The molecule has 5 nitrogen and oxygen atoms in total. The second kappa shape index (κ2) is 5.28. The van der Waals surface area contributed by atoms with Crippen LogP contribution in [0.5, 0.6) is 11.6 Å². The normalized spacial score (nSPS) is 10.4. The maximum atomic E-state index is 11.0. The van der Waals surface area contributed by atoms with Crippen molar-refractivity contribution in [2.24, 2.45) is 0 Å². The molecule has 0 radical (unpaired) electrons. The molecule has 1 heterocycles. The van der Waals surface area contributed by atoms with E-state index in [9.17, 15) is 10.1 Å². The molecule has 2 rings (SSSR count). The summed E-state index contributed by atoms with van der Waals surface area (Å²) in [7, 11) is 0. The molecule has 0 fully saturated rings. The van der Waals surface area contributed by atoms with Gasteiger partial charge in [0, 0.05) is 11.8 Å². The number of hydrogen-bond donors (Lipinski definition) is 0. The van der Waals surface area contributed by atoms with Crippen LogP contribution in [-0.4, -0.2) is 9.91 Å². The third-order valence-corrected chi connectivity index (χ3v) is 2.98. The molecule has 20 heavy (non-hydrogen) atoms. The van der Waals surface area contributed by atoms with E-state index in [0.717, 1.165) is 16.7 Å². The number of nitro groups is 1. The van der Waals surface area contributed by atoms with E-state index >= 15 is 0 Å². The molecule has 0 atom stereocenters. The summed E-state index contributed by atoms with van der Waals surface area (Å²) in [6, 6.07) is 6.96. The summed E-state index contributed by atoms with van der Waals surface area (Å²) in [4.78, 5) is 14.7. The largest absolute Gasteiger partial charge is 0.433 e. The predicted molar refractivity (Wildman–Crippen MR) is 76.4 cm³/mol. The summed E-state index contributed by atoms with van der Waals surface area (Å²) in [5, 5.41) is 11.0. The van der Waals surface area contributed by atoms with E-state index in [2.05, 4.69) is 4.98 Å². The highest BCUT2D eigenvalue weighted by molar-refractivity contribution is 5.49. The Balaban J connectivity index is 2.50. The second-order valence-corrected chi connectivity index (χ2v) is 4.86. The van der Waals surface area contributed by atoms with Crippen LogP contribution in [0.4, 0.5) is 5.69 Å². The first-order valence-electron chi connectivity index (χ1n) is 6.26. The Morgan fingerprint density at radius 1 is 1.10 bits per heavy atom. The number of rotatable bonds is 3. The zero-order valence-electron chi connectivity index (χ0n) is 11.9. The molecule has 5 heteroatoms. The Morgan fingerprint density at radius 3 is 2.25 bits per heavy atom. The van der Waals surface area contributed by atoms with Crippen LogP contribution in [-0.2, 0) is 0 Å². The number of aryl methyl sites for hydroxylation is 4. The van der Waals surface area contributed by atoms with Gasteiger partial charge in [0.2, 0.25) is 0 Å². The Labute approximate surface area is 117 Å². The van der Waals surface area contributed by atoms with E-state index in [1.807, 2.05) is 32.9 Å². The van der Waals surface area contributed by atoms with E-state index < -0.39 is 4.92 Å². The average molecular weight is 272 g/mol. The fourth-order valence-corrected chi connectivity index (χ4v) is 2.16. The van der Waals surface area contributed by atoms with E-state index in [4.69, 9.17) is 4.74 Å². The van der Waals surface area contributed by atoms with Gasteiger partial charge in [-0.05, 0) is 44.9 Å². The monoisotopic (exact) mass is 272 g/mol. The predicted octanol–water partition coefficient (Wildman–Crippen LogP) is 4.02. The molecular weight excluding hydrogens is 256 g/mol. The van der Waals surface area contributed by atoms with Crippen LogP contribution in [0.15, 0.2) is 24.3 Å². The van der Waals surface area contributed by atoms with Gasteiger partial charge in [-0.15, -0.1) is 0 Å². The molecule has 0 aliphatic rings. The van der Waals surface area contributed by atoms with Gasteiger partial charge in [-0.2, -0.15) is 0 Å². The number of nitrogens with zero attached hydrogens (tertiary/aromatic N) is 2. The van der Waals surface area contributed by atoms with Crippen molar-refractivity contribution in [3.05, 3.63) is 56.8 Å². The van der Waals surface area contributed by atoms with E-state index in [1.54, 1.807) is 13.0 Å². The minimum Gasteiger partial charge on any atom is -0.433 e. The molecule has 0 N–H and O–H groups in total. The second-order valence-electron chi connectivity index (χ2n) is 4.86. The number of aromatic nitrogens is 1. The number of hydrogen-bond acceptors (Lipinski definition) is 4. The van der Waals surface area contributed by atoms with Gasteiger partial charge in [0.1, 0.15) is 5.75 Å². The third kappa shape index (κ3) is 2.77. The molecule has 0 aliphatic heterocycles. The molecule has 0 amide bonds. The van der Waals surface area contributed by atoms with Crippen LogP contribution in [0.1, 0.15) is 22.4 Å². The van der Waals surface area contributed by atoms with E-state index in [0.29, 0.717) is 11.4 Å². The standard InChI is InChI=1S/C15H16N2O3/c1-9-7-10(2)14(11(3)8-9)20-15-13(17(18)19)6-5-12(4)16-15/h5-8H,1-4H3. The van der Waals surface area contributed by atoms with Crippen molar-refractivity contribution in [1.29, 1.82) is 0 Å². The van der Waals surface area contributed by atoms with Crippen LogP contribution < -0.4 is 4.74 Å². The topological polar surface area (TPSA) is 65.3 Å². The van der Waals surface area contributed by atoms with Crippen LogP contribution in [0, 0.1) is 37.8 Å². The summed E-state index contributed by atoms with van der Waals surface area (Å²) in [6.45, 7) is 7.59. The number of benzene rings is 1. The fourth-order valence-electron chi connectivity index (χ4n) is 2.16. The molecule has 1 aromatic carbocycles. The van der Waals surface area contributed by atoms with Gasteiger partial charge in [0.25, 0.3) is 5.88 Å². The molecule has 1 aromatic heterocycles. The molecular formula is C15H16N2O3. The lowest BCUT2D eigenvalue weighted by Gasteiger charge is -2.12. The zero-order valence-corrected chi connectivity index (χ0v) is 11.9. The highest BCUT2D eigenvalue weighted by Crippen LogP contribution is 2.33. The van der Waals surface area contributed by atoms with Crippen LogP contribution in [0.2, 0.25) is 0 Å². The molecule has 0 spiro atoms. The SMILES string of the molecule is Cc1cc(C)c(Oc2nc(C)ccc2[N+](=O)[O-])c(C)c1. The van der Waals surface area contributed by atoms with Crippen molar-refractivity contribution in [3.63, 3.8) is 0 Å². The summed E-state index contributed by atoms with van der Waals surface area (Å²) in [6.07, 6.45) is 0. The molecule has 104 valence electrons. The molecule has 0 aliphatic carbocycles. The Morgan fingerprint density at radius 2 is 1.70 bits per heavy atom. The summed E-state index contributed by atoms with van der Waals surface area (Å²) < 4.78 is 5.72. The number of ether oxygens (including phenoxy) is 1. The lowest BCUT2D eigenvalue weighted by Crippen LogP contribution is -1.99. The van der Waals surface area contributed by atoms with Gasteiger partial charge < -0.3 is 4.74 Å². The Hall–Kier alpha value is -2.43. The van der Waals surface area contributed by atoms with Gasteiger partial charge in [-0.25, -0.2) is 4.98 Å². The van der Waals surface area contributed by atoms with Crippen molar-refractivity contribution in [1.82, 2.24) is 4.98 Å². The van der Waals surface area contributed by atoms with Crippen molar-refractivity contribution in [2.45, 2.75) is 27.7 Å². The first-order chi connectivity index (χ1) is 9.38. The Kier molecular flexibility index (Phi) is 3.70. The third-order valence-electron chi connectivity index (χ3n) is 2.98. The maximum Gasteiger partial charge on any atom is 0.331 e. The summed E-state index contributed by atoms with van der Waals surface area (Å²) in [5.41, 5.74) is 3.53. The Bertz CT molecular complexity index is 658. The van der Waals surface area contributed by atoms with Gasteiger partial charge in [0.15, 0.2) is 0 Å². The first kappa shape index (κ1) is 14.0. The summed E-state index contributed by atoms with van der Waals surface area (Å²) >= 11 is 0. The average Bonchev–Trinajstić information content (AvgIpc) is 2.33. The van der Waals surface area contributed by atoms with E-state index in [-0.39, 0.29) is 11.6 Å². The minimum absolute atomic E-state index is 0.0325. The lowest BCUT2D eigenvalue weighted by molar-refractivity contribution is -0.386. The lowest BCUT2D eigenvalue weighted by atomic mass is 10.1. The van der Waals surface area contributed by atoms with Crippen molar-refractivity contribution < 1.29 is 9.66 Å².